The van der Waals surface area contributed by atoms with Crippen molar-refractivity contribution in [3.05, 3.63) is 58.9 Å². The number of hydrogen-bond donors (Lipinski definition) is 2. The Kier molecular flexibility index (Phi) is 4.03. The van der Waals surface area contributed by atoms with E-state index >= 15 is 0 Å². The minimum atomic E-state index is -0.342. The van der Waals surface area contributed by atoms with Gasteiger partial charge in [0.2, 0.25) is 5.91 Å². The number of amides is 1. The zero-order chi connectivity index (χ0) is 14.7. The molecule has 2 aromatic rings. The van der Waals surface area contributed by atoms with Crippen LogP contribution < -0.4 is 11.1 Å². The average molecular weight is 272 g/mol. The fourth-order valence-corrected chi connectivity index (χ4v) is 2.03. The number of halogens is 1. The number of nitrogen functional groups attached to an aromatic ring is 1. The standard InChI is InChI=1S/C16H17FN2O/c1-10-6-11(2)15(9-14(10)18)19-16(20)8-12-4-3-5-13(17)7-12/h3-7,9H,8,18H2,1-2H3,(H,19,20). The van der Waals surface area contributed by atoms with Crippen LogP contribution in [0.4, 0.5) is 15.8 Å². The number of aryl methyl sites for hydroxylation is 2. The second-order valence-corrected chi connectivity index (χ2v) is 4.88. The van der Waals surface area contributed by atoms with Gasteiger partial charge in [0.25, 0.3) is 0 Å². The lowest BCUT2D eigenvalue weighted by Crippen LogP contribution is -2.15. The molecule has 0 saturated heterocycles. The highest BCUT2D eigenvalue weighted by Gasteiger charge is 2.08. The van der Waals surface area contributed by atoms with Gasteiger partial charge in [-0.2, -0.15) is 0 Å². The molecule has 0 radical (unpaired) electrons. The lowest BCUT2D eigenvalue weighted by atomic mass is 10.1. The molecule has 104 valence electrons. The molecule has 3 N–H and O–H groups in total. The van der Waals surface area contributed by atoms with Gasteiger partial charge in [0, 0.05) is 11.4 Å². The number of nitrogens with one attached hydrogen (secondary N) is 1. The highest BCUT2D eigenvalue weighted by atomic mass is 19.1. The van der Waals surface area contributed by atoms with Crippen LogP contribution in [0.25, 0.3) is 0 Å². The molecule has 4 heteroatoms. The summed E-state index contributed by atoms with van der Waals surface area (Å²) < 4.78 is 13.1. The summed E-state index contributed by atoms with van der Waals surface area (Å²) in [5, 5.41) is 2.80. The van der Waals surface area contributed by atoms with E-state index in [4.69, 9.17) is 5.73 Å². The van der Waals surface area contributed by atoms with Crippen molar-refractivity contribution in [2.45, 2.75) is 20.3 Å². The van der Waals surface area contributed by atoms with Crippen LogP contribution in [-0.2, 0) is 11.2 Å². The molecular weight excluding hydrogens is 255 g/mol. The van der Waals surface area contributed by atoms with Crippen molar-refractivity contribution >= 4 is 17.3 Å². The summed E-state index contributed by atoms with van der Waals surface area (Å²) in [6, 6.07) is 9.69. The van der Waals surface area contributed by atoms with Crippen LogP contribution in [0.5, 0.6) is 0 Å². The first-order chi connectivity index (χ1) is 9.45. The van der Waals surface area contributed by atoms with Crippen LogP contribution in [0.1, 0.15) is 16.7 Å². The molecule has 2 aromatic carbocycles. The summed E-state index contributed by atoms with van der Waals surface area (Å²) in [7, 11) is 0. The zero-order valence-corrected chi connectivity index (χ0v) is 11.5. The number of benzene rings is 2. The van der Waals surface area contributed by atoms with Gasteiger partial charge < -0.3 is 11.1 Å². The normalized spacial score (nSPS) is 10.3. The fraction of sp³-hybridized carbons (Fsp3) is 0.188. The van der Waals surface area contributed by atoms with Gasteiger partial charge in [-0.05, 0) is 48.7 Å². The van der Waals surface area contributed by atoms with E-state index in [1.807, 2.05) is 19.9 Å². The van der Waals surface area contributed by atoms with Gasteiger partial charge in [-0.25, -0.2) is 4.39 Å². The fourth-order valence-electron chi connectivity index (χ4n) is 2.03. The van der Waals surface area contributed by atoms with Crippen LogP contribution >= 0.6 is 0 Å². The van der Waals surface area contributed by atoms with E-state index < -0.39 is 0 Å². The maximum Gasteiger partial charge on any atom is 0.228 e. The van der Waals surface area contributed by atoms with Crippen molar-refractivity contribution in [3.8, 4) is 0 Å². The first kappa shape index (κ1) is 14.1. The SMILES string of the molecule is Cc1cc(C)c(NC(=O)Cc2cccc(F)c2)cc1N. The zero-order valence-electron chi connectivity index (χ0n) is 11.5. The van der Waals surface area contributed by atoms with Crippen LogP contribution in [0.3, 0.4) is 0 Å². The van der Waals surface area contributed by atoms with Crippen molar-refractivity contribution in [1.29, 1.82) is 0 Å². The first-order valence-electron chi connectivity index (χ1n) is 6.36. The molecule has 0 atom stereocenters. The highest BCUT2D eigenvalue weighted by Crippen LogP contribution is 2.22. The highest BCUT2D eigenvalue weighted by molar-refractivity contribution is 5.93. The Morgan fingerprint density at radius 2 is 1.95 bits per heavy atom. The largest absolute Gasteiger partial charge is 0.398 e. The molecule has 0 fully saturated rings. The third-order valence-electron chi connectivity index (χ3n) is 3.14. The maximum absolute atomic E-state index is 13.1. The molecule has 0 heterocycles. The third-order valence-corrected chi connectivity index (χ3v) is 3.14. The van der Waals surface area contributed by atoms with Crippen LogP contribution in [-0.4, -0.2) is 5.91 Å². The lowest BCUT2D eigenvalue weighted by Gasteiger charge is -2.11. The molecule has 0 aliphatic rings. The summed E-state index contributed by atoms with van der Waals surface area (Å²) in [5.74, 6) is -0.534. The van der Waals surface area contributed by atoms with E-state index in [1.54, 1.807) is 18.2 Å². The Balaban J connectivity index is 2.10. The van der Waals surface area contributed by atoms with E-state index in [-0.39, 0.29) is 18.1 Å². The Morgan fingerprint density at radius 3 is 2.65 bits per heavy atom. The molecule has 0 aliphatic heterocycles. The summed E-state index contributed by atoms with van der Waals surface area (Å²) in [6.45, 7) is 3.82. The number of rotatable bonds is 3. The molecule has 0 saturated carbocycles. The molecule has 0 aromatic heterocycles. The Morgan fingerprint density at radius 1 is 1.20 bits per heavy atom. The molecule has 3 nitrogen and oxygen atoms in total. The number of carbonyl (C=O) groups excluding carboxylic acids is 1. The molecule has 0 unspecified atom stereocenters. The molecule has 0 spiro atoms. The molecule has 0 bridgehead atoms. The van der Waals surface area contributed by atoms with Gasteiger partial charge in [-0.15, -0.1) is 0 Å². The quantitative estimate of drug-likeness (QED) is 0.843. The van der Waals surface area contributed by atoms with Gasteiger partial charge in [0.15, 0.2) is 0 Å². The van der Waals surface area contributed by atoms with Crippen molar-refractivity contribution in [3.63, 3.8) is 0 Å². The predicted octanol–water partition coefficient (Wildman–Crippen LogP) is 3.21. The van der Waals surface area contributed by atoms with Gasteiger partial charge in [0.05, 0.1) is 6.42 Å². The Bertz CT molecular complexity index is 653. The van der Waals surface area contributed by atoms with Gasteiger partial charge >= 0.3 is 0 Å². The van der Waals surface area contributed by atoms with Crippen molar-refractivity contribution in [2.24, 2.45) is 0 Å². The van der Waals surface area contributed by atoms with E-state index in [9.17, 15) is 9.18 Å². The van der Waals surface area contributed by atoms with Crippen LogP contribution in [0, 0.1) is 19.7 Å². The molecule has 20 heavy (non-hydrogen) atoms. The number of nitrogens with two attached hydrogens (primary N) is 1. The summed E-state index contributed by atoms with van der Waals surface area (Å²) in [5.41, 5.74) is 9.73. The van der Waals surface area contributed by atoms with E-state index in [0.29, 0.717) is 16.9 Å². The second-order valence-electron chi connectivity index (χ2n) is 4.88. The third kappa shape index (κ3) is 3.35. The molecule has 1 amide bonds. The second kappa shape index (κ2) is 5.74. The van der Waals surface area contributed by atoms with Gasteiger partial charge in [0.1, 0.15) is 5.82 Å². The minimum Gasteiger partial charge on any atom is -0.398 e. The number of carbonyl (C=O) groups is 1. The topological polar surface area (TPSA) is 55.1 Å². The predicted molar refractivity (Wildman–Crippen MR) is 79.1 cm³/mol. The Labute approximate surface area is 117 Å². The van der Waals surface area contributed by atoms with E-state index in [1.165, 1.54) is 12.1 Å². The maximum atomic E-state index is 13.1. The summed E-state index contributed by atoms with van der Waals surface area (Å²) in [6.07, 6.45) is 0.130. The van der Waals surface area contributed by atoms with E-state index in [2.05, 4.69) is 5.32 Å². The van der Waals surface area contributed by atoms with Crippen LogP contribution in [0.15, 0.2) is 36.4 Å². The Hall–Kier alpha value is -2.36. The smallest absolute Gasteiger partial charge is 0.228 e. The lowest BCUT2D eigenvalue weighted by molar-refractivity contribution is -0.115. The van der Waals surface area contributed by atoms with E-state index in [0.717, 1.165) is 11.1 Å². The summed E-state index contributed by atoms with van der Waals surface area (Å²) >= 11 is 0. The van der Waals surface area contributed by atoms with Gasteiger partial charge in [-0.1, -0.05) is 18.2 Å². The monoisotopic (exact) mass is 272 g/mol. The molecule has 2 rings (SSSR count). The first-order valence-corrected chi connectivity index (χ1v) is 6.36. The summed E-state index contributed by atoms with van der Waals surface area (Å²) in [4.78, 5) is 12.0. The van der Waals surface area contributed by atoms with Gasteiger partial charge in [-0.3, -0.25) is 4.79 Å². The molecular formula is C16H17FN2O. The average Bonchev–Trinajstić information content (AvgIpc) is 2.36. The van der Waals surface area contributed by atoms with Crippen LogP contribution in [0.2, 0.25) is 0 Å². The molecule has 0 aliphatic carbocycles. The minimum absolute atomic E-state index is 0.130. The van der Waals surface area contributed by atoms with Crippen molar-refractivity contribution in [1.82, 2.24) is 0 Å². The van der Waals surface area contributed by atoms with Crippen molar-refractivity contribution < 1.29 is 9.18 Å². The number of hydrogen-bond acceptors (Lipinski definition) is 2. The van der Waals surface area contributed by atoms with Crippen molar-refractivity contribution in [2.75, 3.05) is 11.1 Å². The number of anilines is 2.